The molecule has 1 heterocycles. The fourth-order valence-corrected chi connectivity index (χ4v) is 7.39. The van der Waals surface area contributed by atoms with Crippen LogP contribution < -0.4 is 20.7 Å². The molecule has 1 amide bonds. The zero-order valence-electron chi connectivity index (χ0n) is 22.8. The molecule has 0 fully saturated rings. The average molecular weight is 599 g/mol. The number of benzene rings is 3. The molecule has 2 unspecified atom stereocenters. The number of anilines is 3. The van der Waals surface area contributed by atoms with E-state index in [1.54, 1.807) is 18.4 Å². The van der Waals surface area contributed by atoms with Crippen LogP contribution in [0.15, 0.2) is 83.8 Å². The number of hydrogen-bond acceptors (Lipinski definition) is 6. The van der Waals surface area contributed by atoms with E-state index in [0.717, 1.165) is 41.1 Å². The largest absolute Gasteiger partial charge is 0.495 e. The van der Waals surface area contributed by atoms with Gasteiger partial charge in [-0.25, -0.2) is 0 Å². The summed E-state index contributed by atoms with van der Waals surface area (Å²) < 4.78 is 5.38. The standard InChI is InChI=1S/C32H30N4O2S3/c1-20(40-24-12-8-11-23(18-24)34-32(39)35-27-13-6-7-14-28(27)38-2)30(37)36-31-26(19-33)25-16-15-22(17-29(25)41-31)21-9-4-3-5-10-21/h3-14,18,20,22H,15-17H2,1-2H3,(H,36,37)(H2,34,35,39). The van der Waals surface area contributed by atoms with Crippen molar-refractivity contribution in [2.45, 2.75) is 42.2 Å². The summed E-state index contributed by atoms with van der Waals surface area (Å²) in [6.45, 7) is 1.87. The topological polar surface area (TPSA) is 86.2 Å². The normalized spacial score (nSPS) is 14.7. The Morgan fingerprint density at radius 2 is 1.85 bits per heavy atom. The van der Waals surface area contributed by atoms with Crippen LogP contribution in [0.25, 0.3) is 0 Å². The number of methoxy groups -OCH3 is 1. The molecule has 5 rings (SSSR count). The number of nitrogens with one attached hydrogen (secondary N) is 3. The van der Waals surface area contributed by atoms with Gasteiger partial charge in [0, 0.05) is 15.5 Å². The molecule has 0 spiro atoms. The van der Waals surface area contributed by atoms with E-state index in [1.165, 1.54) is 22.2 Å². The maximum absolute atomic E-state index is 13.2. The van der Waals surface area contributed by atoms with Crippen LogP contribution in [-0.4, -0.2) is 23.4 Å². The fraction of sp³-hybridized carbons (Fsp3) is 0.219. The van der Waals surface area contributed by atoms with E-state index in [-0.39, 0.29) is 11.2 Å². The maximum Gasteiger partial charge on any atom is 0.238 e. The monoisotopic (exact) mass is 598 g/mol. The fourth-order valence-electron chi connectivity index (χ4n) is 4.95. The van der Waals surface area contributed by atoms with Gasteiger partial charge in [-0.15, -0.1) is 23.1 Å². The Labute approximate surface area is 254 Å². The Kier molecular flexibility index (Phi) is 9.24. The quantitative estimate of drug-likeness (QED) is 0.141. The number of nitrogens with zero attached hydrogens (tertiary/aromatic N) is 1. The van der Waals surface area contributed by atoms with Crippen molar-refractivity contribution in [2.75, 3.05) is 23.1 Å². The third-order valence-corrected chi connectivity index (χ3v) is 9.48. The maximum atomic E-state index is 13.2. The van der Waals surface area contributed by atoms with Crippen molar-refractivity contribution in [1.82, 2.24) is 0 Å². The molecule has 1 aliphatic rings. The minimum absolute atomic E-state index is 0.128. The number of thiophene rings is 1. The first-order valence-electron chi connectivity index (χ1n) is 13.3. The van der Waals surface area contributed by atoms with Gasteiger partial charge >= 0.3 is 0 Å². The van der Waals surface area contributed by atoms with Crippen molar-refractivity contribution in [2.24, 2.45) is 0 Å². The second-order valence-electron chi connectivity index (χ2n) is 9.73. The summed E-state index contributed by atoms with van der Waals surface area (Å²) in [4.78, 5) is 15.3. The number of fused-ring (bicyclic) bond motifs is 1. The van der Waals surface area contributed by atoms with Gasteiger partial charge in [-0.3, -0.25) is 4.79 Å². The molecule has 1 aromatic heterocycles. The highest BCUT2D eigenvalue weighted by atomic mass is 32.2. The highest BCUT2D eigenvalue weighted by Gasteiger charge is 2.28. The van der Waals surface area contributed by atoms with Crippen LogP contribution in [0.2, 0.25) is 0 Å². The highest BCUT2D eigenvalue weighted by molar-refractivity contribution is 8.00. The molecule has 3 aromatic carbocycles. The van der Waals surface area contributed by atoms with Gasteiger partial charge in [-0.2, -0.15) is 5.26 Å². The summed E-state index contributed by atoms with van der Waals surface area (Å²) in [5.41, 5.74) is 4.61. The lowest BCUT2D eigenvalue weighted by Crippen LogP contribution is -2.22. The minimum Gasteiger partial charge on any atom is -0.495 e. The zero-order valence-corrected chi connectivity index (χ0v) is 25.2. The van der Waals surface area contributed by atoms with Crippen LogP contribution in [0.5, 0.6) is 5.75 Å². The molecule has 4 aromatic rings. The van der Waals surface area contributed by atoms with Gasteiger partial charge in [0.05, 0.1) is 23.6 Å². The molecule has 0 bridgehead atoms. The predicted molar refractivity (Wildman–Crippen MR) is 173 cm³/mol. The second kappa shape index (κ2) is 13.2. The van der Waals surface area contributed by atoms with Gasteiger partial charge in [-0.1, -0.05) is 48.5 Å². The summed E-state index contributed by atoms with van der Waals surface area (Å²) in [5, 5.41) is 20.1. The summed E-state index contributed by atoms with van der Waals surface area (Å²) in [6.07, 6.45) is 2.75. The number of carbonyl (C=O) groups is 1. The van der Waals surface area contributed by atoms with Gasteiger partial charge in [-0.05, 0) is 85.8 Å². The van der Waals surface area contributed by atoms with Crippen molar-refractivity contribution >= 4 is 62.7 Å². The van der Waals surface area contributed by atoms with Gasteiger partial charge in [0.1, 0.15) is 16.8 Å². The van der Waals surface area contributed by atoms with Gasteiger partial charge in [0.2, 0.25) is 5.91 Å². The SMILES string of the molecule is COc1ccccc1NC(=S)Nc1cccc(SC(C)C(=O)Nc2sc3c(c2C#N)CCC(c2ccccc2)C3)c1. The molecule has 0 saturated heterocycles. The number of ether oxygens (including phenoxy) is 1. The van der Waals surface area contributed by atoms with Crippen molar-refractivity contribution in [1.29, 1.82) is 5.26 Å². The minimum atomic E-state index is -0.369. The third kappa shape index (κ3) is 6.91. The number of carbonyl (C=O) groups excluding carboxylic acids is 1. The highest BCUT2D eigenvalue weighted by Crippen LogP contribution is 2.42. The molecule has 0 radical (unpaired) electrons. The van der Waals surface area contributed by atoms with Gasteiger partial charge in [0.15, 0.2) is 5.11 Å². The number of rotatable bonds is 8. The summed E-state index contributed by atoms with van der Waals surface area (Å²) >= 11 is 8.49. The lowest BCUT2D eigenvalue weighted by Gasteiger charge is -2.22. The number of thiocarbonyl (C=S) groups is 1. The summed E-state index contributed by atoms with van der Waals surface area (Å²) in [6, 6.07) is 28.2. The summed E-state index contributed by atoms with van der Waals surface area (Å²) in [5.74, 6) is 1.00. The smallest absolute Gasteiger partial charge is 0.238 e. The van der Waals surface area contributed by atoms with Crippen molar-refractivity contribution in [3.8, 4) is 11.8 Å². The number of para-hydroxylation sites is 2. The van der Waals surface area contributed by atoms with Crippen molar-refractivity contribution in [3.63, 3.8) is 0 Å². The Morgan fingerprint density at radius 1 is 1.07 bits per heavy atom. The second-order valence-corrected chi connectivity index (χ2v) is 12.7. The van der Waals surface area contributed by atoms with E-state index in [9.17, 15) is 10.1 Å². The van der Waals surface area contributed by atoms with E-state index in [4.69, 9.17) is 17.0 Å². The molecule has 41 heavy (non-hydrogen) atoms. The van der Waals surface area contributed by atoms with E-state index in [2.05, 4.69) is 46.3 Å². The van der Waals surface area contributed by atoms with Gasteiger partial charge < -0.3 is 20.7 Å². The molecule has 0 saturated carbocycles. The molecule has 3 N–H and O–H groups in total. The lowest BCUT2D eigenvalue weighted by molar-refractivity contribution is -0.115. The predicted octanol–water partition coefficient (Wildman–Crippen LogP) is 7.83. The Balaban J connectivity index is 1.21. The number of hydrogen-bond donors (Lipinski definition) is 3. The van der Waals surface area contributed by atoms with Crippen LogP contribution in [-0.2, 0) is 17.6 Å². The van der Waals surface area contributed by atoms with Crippen LogP contribution in [0.3, 0.4) is 0 Å². The van der Waals surface area contributed by atoms with Crippen molar-refractivity contribution in [3.05, 3.63) is 100 Å². The lowest BCUT2D eigenvalue weighted by atomic mass is 9.83. The van der Waals surface area contributed by atoms with E-state index in [1.807, 2.05) is 61.5 Å². The van der Waals surface area contributed by atoms with E-state index < -0.39 is 0 Å². The molecule has 9 heteroatoms. The molecular weight excluding hydrogens is 569 g/mol. The summed E-state index contributed by atoms with van der Waals surface area (Å²) in [7, 11) is 1.62. The molecule has 6 nitrogen and oxygen atoms in total. The molecule has 208 valence electrons. The molecular formula is C32H30N4O2S3. The molecule has 0 aliphatic heterocycles. The first kappa shape index (κ1) is 28.7. The van der Waals surface area contributed by atoms with E-state index >= 15 is 0 Å². The molecule has 2 atom stereocenters. The van der Waals surface area contributed by atoms with Crippen molar-refractivity contribution < 1.29 is 9.53 Å². The Hall–Kier alpha value is -3.84. The number of amides is 1. The van der Waals surface area contributed by atoms with Gasteiger partial charge in [0.25, 0.3) is 0 Å². The van der Waals surface area contributed by atoms with Crippen LogP contribution >= 0.6 is 35.3 Å². The van der Waals surface area contributed by atoms with Crippen LogP contribution in [0.1, 0.15) is 40.8 Å². The Bertz CT molecular complexity index is 1600. The first-order valence-corrected chi connectivity index (χ1v) is 15.4. The van der Waals surface area contributed by atoms with E-state index in [0.29, 0.717) is 27.3 Å². The number of thioether (sulfide) groups is 1. The van der Waals surface area contributed by atoms with Crippen LogP contribution in [0.4, 0.5) is 16.4 Å². The van der Waals surface area contributed by atoms with Crippen LogP contribution in [0, 0.1) is 11.3 Å². The molecule has 1 aliphatic carbocycles. The average Bonchev–Trinajstić information content (AvgIpc) is 3.34. The first-order chi connectivity index (χ1) is 19.9. The Morgan fingerprint density at radius 3 is 2.63 bits per heavy atom. The number of nitriles is 1. The zero-order chi connectivity index (χ0) is 28.8. The third-order valence-electron chi connectivity index (χ3n) is 7.01.